The first-order valence-electron chi connectivity index (χ1n) is 5.85. The van der Waals surface area contributed by atoms with Crippen LogP contribution in [0.25, 0.3) is 0 Å². The van der Waals surface area contributed by atoms with Gasteiger partial charge in [0.15, 0.2) is 0 Å². The van der Waals surface area contributed by atoms with Gasteiger partial charge in [0.25, 0.3) is 0 Å². The summed E-state index contributed by atoms with van der Waals surface area (Å²) in [6.45, 7) is 0. The van der Waals surface area contributed by atoms with Crippen LogP contribution in [0.15, 0.2) is 48.5 Å². The summed E-state index contributed by atoms with van der Waals surface area (Å²) >= 11 is 12.1. The van der Waals surface area contributed by atoms with E-state index >= 15 is 0 Å². The Morgan fingerprint density at radius 2 is 1.68 bits per heavy atom. The van der Waals surface area contributed by atoms with Crippen molar-refractivity contribution in [3.8, 4) is 0 Å². The smallest absolute Gasteiger partial charge is 0.112 e. The highest BCUT2D eigenvalue weighted by molar-refractivity contribution is 6.42. The van der Waals surface area contributed by atoms with E-state index in [9.17, 15) is 5.11 Å². The number of hydrogen-bond acceptors (Lipinski definition) is 2. The Kier molecular flexibility index (Phi) is 4.83. The number of rotatable bonds is 4. The van der Waals surface area contributed by atoms with Crippen LogP contribution in [0.5, 0.6) is 0 Å². The topological polar surface area (TPSA) is 29.5 Å². The fourth-order valence-electron chi connectivity index (χ4n) is 2.00. The minimum Gasteiger partial charge on any atom is -0.385 e. The zero-order chi connectivity index (χ0) is 13.8. The maximum absolute atomic E-state index is 10.5. The number of halogens is 2. The fourth-order valence-corrected chi connectivity index (χ4v) is 2.42. The summed E-state index contributed by atoms with van der Waals surface area (Å²) in [7, 11) is 1.55. The van der Waals surface area contributed by atoms with Crippen LogP contribution >= 0.6 is 23.2 Å². The monoisotopic (exact) mass is 296 g/mol. The van der Waals surface area contributed by atoms with Crippen LogP contribution in [-0.4, -0.2) is 12.2 Å². The molecule has 4 heteroatoms. The third-order valence-electron chi connectivity index (χ3n) is 2.97. The third-order valence-corrected chi connectivity index (χ3v) is 3.80. The van der Waals surface area contributed by atoms with E-state index in [0.717, 1.165) is 5.56 Å². The summed E-state index contributed by atoms with van der Waals surface area (Å²) in [6.07, 6.45) is -1.37. The highest BCUT2D eigenvalue weighted by Crippen LogP contribution is 2.37. The Bertz CT molecular complexity index is 543. The first kappa shape index (κ1) is 14.4. The summed E-state index contributed by atoms with van der Waals surface area (Å²) in [5, 5.41) is 11.2. The molecule has 2 atom stereocenters. The first-order chi connectivity index (χ1) is 9.15. The summed E-state index contributed by atoms with van der Waals surface area (Å²) in [6, 6.07) is 14.7. The second-order valence-corrected chi connectivity index (χ2v) is 4.94. The Morgan fingerprint density at radius 3 is 2.32 bits per heavy atom. The van der Waals surface area contributed by atoms with Crippen LogP contribution < -0.4 is 0 Å². The fraction of sp³-hybridized carbons (Fsp3) is 0.200. The molecule has 1 N–H and O–H groups in total. The average molecular weight is 297 g/mol. The highest BCUT2D eigenvalue weighted by atomic mass is 35.5. The van der Waals surface area contributed by atoms with E-state index in [1.165, 1.54) is 0 Å². The van der Waals surface area contributed by atoms with Crippen molar-refractivity contribution in [3.05, 3.63) is 69.7 Å². The van der Waals surface area contributed by atoms with Crippen LogP contribution in [-0.2, 0) is 4.74 Å². The zero-order valence-electron chi connectivity index (χ0n) is 10.4. The number of aliphatic hydroxyl groups is 1. The van der Waals surface area contributed by atoms with Gasteiger partial charge in [-0.25, -0.2) is 0 Å². The summed E-state index contributed by atoms with van der Waals surface area (Å²) < 4.78 is 5.40. The SMILES string of the molecule is COC(c1ccccc1)C(O)c1cccc(Cl)c1Cl. The first-order valence-corrected chi connectivity index (χ1v) is 6.60. The lowest BCUT2D eigenvalue weighted by Gasteiger charge is -2.23. The average Bonchev–Trinajstić information content (AvgIpc) is 2.44. The lowest BCUT2D eigenvalue weighted by molar-refractivity contribution is -0.0148. The van der Waals surface area contributed by atoms with Gasteiger partial charge < -0.3 is 9.84 Å². The molecule has 2 rings (SSSR count). The normalized spacial score (nSPS) is 14.1. The van der Waals surface area contributed by atoms with Crippen molar-refractivity contribution in [1.29, 1.82) is 0 Å². The molecule has 0 saturated carbocycles. The van der Waals surface area contributed by atoms with E-state index in [1.54, 1.807) is 25.3 Å². The van der Waals surface area contributed by atoms with Gasteiger partial charge in [0.1, 0.15) is 12.2 Å². The minimum atomic E-state index is -0.876. The van der Waals surface area contributed by atoms with Crippen molar-refractivity contribution >= 4 is 23.2 Å². The largest absolute Gasteiger partial charge is 0.385 e. The van der Waals surface area contributed by atoms with E-state index < -0.39 is 12.2 Å². The standard InChI is InChI=1S/C15H14Cl2O2/c1-19-15(10-6-3-2-4-7-10)14(18)11-8-5-9-12(16)13(11)17/h2-9,14-15,18H,1H3. The van der Waals surface area contributed by atoms with Crippen LogP contribution in [0.2, 0.25) is 10.0 Å². The van der Waals surface area contributed by atoms with Crippen molar-refractivity contribution in [2.24, 2.45) is 0 Å². The predicted molar refractivity (Wildman–Crippen MR) is 77.6 cm³/mol. The Hall–Kier alpha value is -1.06. The molecular formula is C15H14Cl2O2. The third kappa shape index (κ3) is 3.10. The minimum absolute atomic E-state index is 0.356. The molecule has 0 amide bonds. The maximum atomic E-state index is 10.5. The molecule has 2 unspecified atom stereocenters. The van der Waals surface area contributed by atoms with Crippen LogP contribution in [0.1, 0.15) is 23.3 Å². The number of benzene rings is 2. The van der Waals surface area contributed by atoms with E-state index in [0.29, 0.717) is 15.6 Å². The zero-order valence-corrected chi connectivity index (χ0v) is 11.9. The Morgan fingerprint density at radius 1 is 1.00 bits per heavy atom. The molecule has 2 nitrogen and oxygen atoms in total. The molecule has 0 saturated heterocycles. The van der Waals surface area contributed by atoms with Gasteiger partial charge in [-0.05, 0) is 11.6 Å². The highest BCUT2D eigenvalue weighted by Gasteiger charge is 2.24. The van der Waals surface area contributed by atoms with Crippen molar-refractivity contribution < 1.29 is 9.84 Å². The van der Waals surface area contributed by atoms with E-state index in [2.05, 4.69) is 0 Å². The molecule has 19 heavy (non-hydrogen) atoms. The lowest BCUT2D eigenvalue weighted by Crippen LogP contribution is -2.13. The van der Waals surface area contributed by atoms with Gasteiger partial charge in [-0.1, -0.05) is 65.7 Å². The van der Waals surface area contributed by atoms with Gasteiger partial charge >= 0.3 is 0 Å². The van der Waals surface area contributed by atoms with Crippen molar-refractivity contribution in [2.75, 3.05) is 7.11 Å². The van der Waals surface area contributed by atoms with Gasteiger partial charge in [-0.15, -0.1) is 0 Å². The summed E-state index contributed by atoms with van der Waals surface area (Å²) in [5.74, 6) is 0. The molecule has 2 aromatic rings. The van der Waals surface area contributed by atoms with Crippen LogP contribution in [0.3, 0.4) is 0 Å². The molecule has 0 spiro atoms. The lowest BCUT2D eigenvalue weighted by atomic mass is 9.98. The summed E-state index contributed by atoms with van der Waals surface area (Å²) in [5.41, 5.74) is 1.44. The molecule has 0 bridgehead atoms. The molecule has 0 aliphatic rings. The predicted octanol–water partition coefficient (Wildman–Crippen LogP) is 4.41. The van der Waals surface area contributed by atoms with Crippen LogP contribution in [0, 0.1) is 0 Å². The van der Waals surface area contributed by atoms with Gasteiger partial charge in [0.2, 0.25) is 0 Å². The number of hydrogen-bond donors (Lipinski definition) is 1. The molecule has 100 valence electrons. The second kappa shape index (κ2) is 6.40. The molecule has 2 aromatic carbocycles. The van der Waals surface area contributed by atoms with E-state index in [1.807, 2.05) is 30.3 Å². The second-order valence-electron chi connectivity index (χ2n) is 4.15. The quantitative estimate of drug-likeness (QED) is 0.905. The number of aliphatic hydroxyl groups excluding tert-OH is 1. The Labute approximate surface area is 122 Å². The van der Waals surface area contributed by atoms with Crippen molar-refractivity contribution in [2.45, 2.75) is 12.2 Å². The van der Waals surface area contributed by atoms with Gasteiger partial charge in [-0.2, -0.15) is 0 Å². The molecule has 0 aliphatic carbocycles. The van der Waals surface area contributed by atoms with E-state index in [4.69, 9.17) is 27.9 Å². The molecular weight excluding hydrogens is 283 g/mol. The molecule has 0 aromatic heterocycles. The molecule has 0 aliphatic heterocycles. The Balaban J connectivity index is 2.36. The summed E-state index contributed by atoms with van der Waals surface area (Å²) in [4.78, 5) is 0. The molecule has 0 fully saturated rings. The van der Waals surface area contributed by atoms with Gasteiger partial charge in [-0.3, -0.25) is 0 Å². The van der Waals surface area contributed by atoms with Crippen molar-refractivity contribution in [1.82, 2.24) is 0 Å². The van der Waals surface area contributed by atoms with Gasteiger partial charge in [0, 0.05) is 12.7 Å². The van der Waals surface area contributed by atoms with Crippen LogP contribution in [0.4, 0.5) is 0 Å². The van der Waals surface area contributed by atoms with E-state index in [-0.39, 0.29) is 0 Å². The van der Waals surface area contributed by atoms with Crippen molar-refractivity contribution in [3.63, 3.8) is 0 Å². The molecule has 0 heterocycles. The number of ether oxygens (including phenoxy) is 1. The molecule has 0 radical (unpaired) electrons. The maximum Gasteiger partial charge on any atom is 0.112 e. The number of methoxy groups -OCH3 is 1. The van der Waals surface area contributed by atoms with Gasteiger partial charge in [0.05, 0.1) is 10.0 Å².